The average molecular weight is 338 g/mol. The molecule has 5 nitrogen and oxygen atoms in total. The second-order valence-corrected chi connectivity index (χ2v) is 8.21. The van der Waals surface area contributed by atoms with Crippen molar-refractivity contribution >= 4 is 32.7 Å². The number of hydrogen-bond acceptors (Lipinski definition) is 5. The van der Waals surface area contributed by atoms with E-state index in [1.54, 1.807) is 18.2 Å². The molecule has 3 rings (SSSR count). The lowest BCUT2D eigenvalue weighted by atomic mass is 10.2. The molecule has 0 fully saturated rings. The highest BCUT2D eigenvalue weighted by Crippen LogP contribution is 2.34. The highest BCUT2D eigenvalue weighted by atomic mass is 32.2. The number of anilines is 2. The SMILES string of the molecule is CCc1ccc(S(=O)(=O)Nc2ccc3c(c2)OCCN3C)s1. The Balaban J connectivity index is 1.86. The van der Waals surface area contributed by atoms with Crippen molar-refractivity contribution in [3.8, 4) is 5.75 Å². The van der Waals surface area contributed by atoms with E-state index in [1.807, 2.05) is 26.1 Å². The number of rotatable bonds is 4. The van der Waals surface area contributed by atoms with Crippen LogP contribution in [-0.2, 0) is 16.4 Å². The van der Waals surface area contributed by atoms with Gasteiger partial charge in [-0.05, 0) is 30.7 Å². The largest absolute Gasteiger partial charge is 0.489 e. The number of nitrogens with zero attached hydrogens (tertiary/aromatic N) is 1. The standard InChI is InChI=1S/C15H18N2O3S2/c1-3-12-5-7-15(21-12)22(18,19)16-11-4-6-13-14(10-11)20-9-8-17(13)2/h4-7,10,16H,3,8-9H2,1-2H3. The van der Waals surface area contributed by atoms with E-state index in [0.717, 1.165) is 23.5 Å². The van der Waals surface area contributed by atoms with Gasteiger partial charge >= 0.3 is 0 Å². The molecule has 0 aliphatic carbocycles. The maximum atomic E-state index is 12.4. The van der Waals surface area contributed by atoms with Crippen molar-refractivity contribution in [2.45, 2.75) is 17.6 Å². The molecule has 2 heterocycles. The van der Waals surface area contributed by atoms with Crippen molar-refractivity contribution in [2.24, 2.45) is 0 Å². The molecule has 0 spiro atoms. The molecule has 7 heteroatoms. The molecule has 0 saturated heterocycles. The van der Waals surface area contributed by atoms with Crippen LogP contribution in [0.4, 0.5) is 11.4 Å². The van der Waals surface area contributed by atoms with Gasteiger partial charge in [-0.25, -0.2) is 8.42 Å². The molecule has 0 unspecified atom stereocenters. The van der Waals surface area contributed by atoms with Crippen molar-refractivity contribution in [2.75, 3.05) is 29.8 Å². The maximum absolute atomic E-state index is 12.4. The van der Waals surface area contributed by atoms with E-state index in [-0.39, 0.29) is 0 Å². The van der Waals surface area contributed by atoms with Crippen LogP contribution in [0.15, 0.2) is 34.5 Å². The van der Waals surface area contributed by atoms with Gasteiger partial charge in [-0.3, -0.25) is 4.72 Å². The summed E-state index contributed by atoms with van der Waals surface area (Å²) in [6, 6.07) is 8.86. The number of benzene rings is 1. The van der Waals surface area contributed by atoms with Crippen molar-refractivity contribution in [3.63, 3.8) is 0 Å². The van der Waals surface area contributed by atoms with Gasteiger partial charge < -0.3 is 9.64 Å². The van der Waals surface area contributed by atoms with Gasteiger partial charge in [0.05, 0.1) is 17.9 Å². The van der Waals surface area contributed by atoms with Crippen LogP contribution in [0.25, 0.3) is 0 Å². The quantitative estimate of drug-likeness (QED) is 0.931. The molecule has 118 valence electrons. The molecular formula is C15H18N2O3S2. The van der Waals surface area contributed by atoms with Crippen molar-refractivity contribution in [1.82, 2.24) is 0 Å². The third kappa shape index (κ3) is 2.91. The first-order valence-electron chi connectivity index (χ1n) is 7.09. The fourth-order valence-electron chi connectivity index (χ4n) is 2.32. The van der Waals surface area contributed by atoms with Crippen LogP contribution < -0.4 is 14.4 Å². The fourth-order valence-corrected chi connectivity index (χ4v) is 4.66. The lowest BCUT2D eigenvalue weighted by molar-refractivity contribution is 0.311. The number of aryl methyl sites for hydroxylation is 1. The highest BCUT2D eigenvalue weighted by Gasteiger charge is 2.19. The smallest absolute Gasteiger partial charge is 0.271 e. The van der Waals surface area contributed by atoms with Gasteiger partial charge in [-0.2, -0.15) is 0 Å². The number of nitrogens with one attached hydrogen (secondary N) is 1. The lowest BCUT2D eigenvalue weighted by Gasteiger charge is -2.27. The monoisotopic (exact) mass is 338 g/mol. The maximum Gasteiger partial charge on any atom is 0.271 e. The molecule has 22 heavy (non-hydrogen) atoms. The Bertz CT molecular complexity index is 784. The highest BCUT2D eigenvalue weighted by molar-refractivity contribution is 7.94. The Kier molecular flexibility index (Phi) is 4.01. The molecule has 1 aromatic carbocycles. The van der Waals surface area contributed by atoms with Crippen molar-refractivity contribution in [3.05, 3.63) is 35.2 Å². The molecule has 1 N–H and O–H groups in total. The average Bonchev–Trinajstić information content (AvgIpc) is 2.97. The molecule has 0 bridgehead atoms. The number of sulfonamides is 1. The summed E-state index contributed by atoms with van der Waals surface area (Å²) in [7, 11) is -1.55. The van der Waals surface area contributed by atoms with E-state index < -0.39 is 10.0 Å². The van der Waals surface area contributed by atoms with Crippen LogP contribution in [0.1, 0.15) is 11.8 Å². The number of ether oxygens (including phenoxy) is 1. The third-order valence-corrected chi connectivity index (χ3v) is 6.66. The summed E-state index contributed by atoms with van der Waals surface area (Å²) in [5, 5.41) is 0. The summed E-state index contributed by atoms with van der Waals surface area (Å²) in [4.78, 5) is 3.14. The molecule has 0 amide bonds. The predicted octanol–water partition coefficient (Wildman–Crippen LogP) is 2.94. The summed E-state index contributed by atoms with van der Waals surface area (Å²) >= 11 is 1.30. The zero-order valence-corrected chi connectivity index (χ0v) is 14.1. The molecule has 0 radical (unpaired) electrons. The lowest BCUT2D eigenvalue weighted by Crippen LogP contribution is -2.28. The predicted molar refractivity (Wildman–Crippen MR) is 89.7 cm³/mol. The van der Waals surface area contributed by atoms with Gasteiger partial charge in [-0.1, -0.05) is 6.92 Å². The van der Waals surface area contributed by atoms with Crippen LogP contribution in [0.3, 0.4) is 0 Å². The fraction of sp³-hybridized carbons (Fsp3) is 0.333. The molecule has 1 aliphatic heterocycles. The first-order valence-corrected chi connectivity index (χ1v) is 9.39. The second-order valence-electron chi connectivity index (χ2n) is 5.13. The molecule has 0 saturated carbocycles. The van der Waals surface area contributed by atoms with Crippen LogP contribution in [0, 0.1) is 0 Å². The minimum atomic E-state index is -3.54. The van der Waals surface area contributed by atoms with E-state index in [9.17, 15) is 8.42 Å². The van der Waals surface area contributed by atoms with Gasteiger partial charge in [0.15, 0.2) is 0 Å². The van der Waals surface area contributed by atoms with Gasteiger partial charge in [0.2, 0.25) is 0 Å². The number of likely N-dealkylation sites (N-methyl/N-ethyl adjacent to an activating group) is 1. The van der Waals surface area contributed by atoms with Crippen LogP contribution >= 0.6 is 11.3 Å². The minimum Gasteiger partial charge on any atom is -0.489 e. The summed E-state index contributed by atoms with van der Waals surface area (Å²) in [6.45, 7) is 3.44. The minimum absolute atomic E-state index is 0.333. The first kappa shape index (κ1) is 15.2. The number of fused-ring (bicyclic) bond motifs is 1. The Morgan fingerprint density at radius 3 is 2.86 bits per heavy atom. The normalized spacial score (nSPS) is 14.4. The van der Waals surface area contributed by atoms with Gasteiger partial charge in [0.1, 0.15) is 16.6 Å². The Morgan fingerprint density at radius 1 is 1.32 bits per heavy atom. The second kappa shape index (κ2) is 5.81. The van der Waals surface area contributed by atoms with Crippen LogP contribution in [-0.4, -0.2) is 28.6 Å². The Morgan fingerprint density at radius 2 is 2.14 bits per heavy atom. The first-order chi connectivity index (χ1) is 10.5. The number of hydrogen-bond donors (Lipinski definition) is 1. The summed E-state index contributed by atoms with van der Waals surface area (Å²) in [6.07, 6.45) is 0.833. The zero-order chi connectivity index (χ0) is 15.7. The van der Waals surface area contributed by atoms with E-state index >= 15 is 0 Å². The molecule has 1 aliphatic rings. The van der Waals surface area contributed by atoms with Gasteiger partial charge in [-0.15, -0.1) is 11.3 Å². The third-order valence-electron chi connectivity index (χ3n) is 3.56. The molecule has 2 aromatic rings. The van der Waals surface area contributed by atoms with Crippen molar-refractivity contribution < 1.29 is 13.2 Å². The zero-order valence-electron chi connectivity index (χ0n) is 12.5. The van der Waals surface area contributed by atoms with Gasteiger partial charge in [0.25, 0.3) is 10.0 Å². The van der Waals surface area contributed by atoms with E-state index in [0.29, 0.717) is 22.3 Å². The van der Waals surface area contributed by atoms with E-state index in [1.165, 1.54) is 11.3 Å². The molecule has 0 atom stereocenters. The molecule has 1 aromatic heterocycles. The summed E-state index contributed by atoms with van der Waals surface area (Å²) < 4.78 is 33.4. The Labute approximate surface area is 134 Å². The van der Waals surface area contributed by atoms with E-state index in [4.69, 9.17) is 4.74 Å². The van der Waals surface area contributed by atoms with Gasteiger partial charge in [0, 0.05) is 18.0 Å². The van der Waals surface area contributed by atoms with E-state index in [2.05, 4.69) is 9.62 Å². The number of thiophene rings is 1. The topological polar surface area (TPSA) is 58.6 Å². The van der Waals surface area contributed by atoms with Crippen LogP contribution in [0.5, 0.6) is 5.75 Å². The summed E-state index contributed by atoms with van der Waals surface area (Å²) in [5.41, 5.74) is 1.49. The molecular weight excluding hydrogens is 320 g/mol. The Hall–Kier alpha value is -1.73. The van der Waals surface area contributed by atoms with Crippen LogP contribution in [0.2, 0.25) is 0 Å². The summed E-state index contributed by atoms with van der Waals surface area (Å²) in [5.74, 6) is 0.703. The van der Waals surface area contributed by atoms with Crippen molar-refractivity contribution in [1.29, 1.82) is 0 Å².